The molecule has 1 spiro atoms. The Morgan fingerprint density at radius 2 is 1.70 bits per heavy atom. The fraction of sp³-hybridized carbons (Fsp3) is 0.172. The third kappa shape index (κ3) is 2.55. The van der Waals surface area contributed by atoms with E-state index < -0.39 is 5.91 Å². The van der Waals surface area contributed by atoms with Gasteiger partial charge in [-0.2, -0.15) is 0 Å². The minimum absolute atomic E-state index is 0.0791. The summed E-state index contributed by atoms with van der Waals surface area (Å²) in [7, 11) is 0. The van der Waals surface area contributed by atoms with E-state index >= 15 is 0 Å². The first-order chi connectivity index (χ1) is 16.1. The van der Waals surface area contributed by atoms with Gasteiger partial charge in [0.05, 0.1) is 23.5 Å². The standard InChI is InChI=1S/C29H23NO3/c1-18-16-19(2)33-29(32-18)24-13-12-23-22-10-6-7-11-26(22)31-28(23)27(24)25-17-21(14-15-30(25)29)20-8-4-3-5-9-20/h3-18,25H,1-2H3/t18?,25?,29-/m0/s1. The summed E-state index contributed by atoms with van der Waals surface area (Å²) in [5.41, 5.74) is 6.23. The summed E-state index contributed by atoms with van der Waals surface area (Å²) in [5, 5.41) is 2.23. The summed E-state index contributed by atoms with van der Waals surface area (Å²) in [4.78, 5) is 2.18. The van der Waals surface area contributed by atoms with Crippen LogP contribution < -0.4 is 0 Å². The van der Waals surface area contributed by atoms with Crippen LogP contribution in [0.25, 0.3) is 27.5 Å². The number of furan rings is 1. The van der Waals surface area contributed by atoms with Gasteiger partial charge in [-0.3, -0.25) is 0 Å². The molecule has 0 saturated carbocycles. The normalized spacial score (nSPS) is 25.7. The van der Waals surface area contributed by atoms with E-state index in [0.29, 0.717) is 0 Å². The van der Waals surface area contributed by atoms with Crippen molar-refractivity contribution in [2.24, 2.45) is 0 Å². The molecule has 4 heteroatoms. The third-order valence-corrected chi connectivity index (χ3v) is 6.83. The van der Waals surface area contributed by atoms with E-state index in [1.807, 2.05) is 31.2 Å². The number of hydrogen-bond acceptors (Lipinski definition) is 4. The average Bonchev–Trinajstić information content (AvgIpc) is 3.33. The molecule has 0 N–H and O–H groups in total. The number of fused-ring (bicyclic) bond motifs is 9. The number of allylic oxidation sites excluding steroid dienone is 3. The van der Waals surface area contributed by atoms with E-state index in [-0.39, 0.29) is 12.1 Å². The number of hydrogen-bond donors (Lipinski definition) is 0. The molecule has 3 aliphatic heterocycles. The van der Waals surface area contributed by atoms with Crippen LogP contribution in [0.4, 0.5) is 0 Å². The molecule has 2 unspecified atom stereocenters. The average molecular weight is 434 g/mol. The number of rotatable bonds is 1. The van der Waals surface area contributed by atoms with Gasteiger partial charge < -0.3 is 18.8 Å². The maximum atomic E-state index is 6.57. The molecular weight excluding hydrogens is 410 g/mol. The predicted octanol–water partition coefficient (Wildman–Crippen LogP) is 7.00. The highest BCUT2D eigenvalue weighted by molar-refractivity contribution is 6.06. The Kier molecular flexibility index (Phi) is 3.77. The highest BCUT2D eigenvalue weighted by Gasteiger charge is 2.56. The minimum Gasteiger partial charge on any atom is -0.456 e. The first-order valence-electron chi connectivity index (χ1n) is 11.4. The van der Waals surface area contributed by atoms with Gasteiger partial charge in [0.25, 0.3) is 0 Å². The van der Waals surface area contributed by atoms with Gasteiger partial charge in [0.1, 0.15) is 11.2 Å². The number of nitrogens with zero attached hydrogens (tertiary/aromatic N) is 1. The highest BCUT2D eigenvalue weighted by atomic mass is 16.7. The van der Waals surface area contributed by atoms with Gasteiger partial charge in [0.2, 0.25) is 0 Å². The maximum Gasteiger partial charge on any atom is 0.324 e. The number of para-hydroxylation sites is 1. The Balaban J connectivity index is 1.52. The van der Waals surface area contributed by atoms with Crippen LogP contribution in [0.2, 0.25) is 0 Å². The summed E-state index contributed by atoms with van der Waals surface area (Å²) < 4.78 is 19.5. The van der Waals surface area contributed by atoms with Gasteiger partial charge in [-0.15, -0.1) is 0 Å². The van der Waals surface area contributed by atoms with Crippen molar-refractivity contribution in [1.29, 1.82) is 0 Å². The van der Waals surface area contributed by atoms with Crippen LogP contribution in [-0.4, -0.2) is 11.0 Å². The van der Waals surface area contributed by atoms with E-state index in [2.05, 4.69) is 78.7 Å². The van der Waals surface area contributed by atoms with Crippen LogP contribution in [0, 0.1) is 0 Å². The lowest BCUT2D eigenvalue weighted by molar-refractivity contribution is -0.318. The summed E-state index contributed by atoms with van der Waals surface area (Å²) in [6.07, 6.45) is 8.47. The van der Waals surface area contributed by atoms with Gasteiger partial charge in [0, 0.05) is 22.5 Å². The number of ether oxygens (including phenoxy) is 2. The lowest BCUT2D eigenvalue weighted by atomic mass is 9.95. The largest absolute Gasteiger partial charge is 0.456 e. The zero-order valence-electron chi connectivity index (χ0n) is 18.5. The van der Waals surface area contributed by atoms with Crippen LogP contribution in [0.15, 0.2) is 101 Å². The summed E-state index contributed by atoms with van der Waals surface area (Å²) in [6.45, 7) is 4.05. The first kappa shape index (κ1) is 18.8. The molecule has 0 fully saturated rings. The molecule has 0 radical (unpaired) electrons. The number of benzene rings is 3. The molecule has 0 amide bonds. The van der Waals surface area contributed by atoms with Gasteiger partial charge in [-0.1, -0.05) is 48.5 Å². The van der Waals surface area contributed by atoms with Crippen molar-refractivity contribution in [2.75, 3.05) is 0 Å². The van der Waals surface area contributed by atoms with Crippen LogP contribution in [0.5, 0.6) is 0 Å². The molecule has 3 aromatic carbocycles. The third-order valence-electron chi connectivity index (χ3n) is 6.83. The molecule has 0 saturated heterocycles. The van der Waals surface area contributed by atoms with E-state index in [9.17, 15) is 0 Å². The van der Waals surface area contributed by atoms with Crippen molar-refractivity contribution in [3.05, 3.63) is 114 Å². The van der Waals surface area contributed by atoms with Crippen molar-refractivity contribution in [1.82, 2.24) is 4.90 Å². The fourth-order valence-electron chi connectivity index (χ4n) is 5.53. The molecule has 4 heterocycles. The Morgan fingerprint density at radius 1 is 0.879 bits per heavy atom. The second-order valence-corrected chi connectivity index (χ2v) is 8.94. The lowest BCUT2D eigenvalue weighted by Crippen LogP contribution is -2.47. The van der Waals surface area contributed by atoms with Crippen LogP contribution in [-0.2, 0) is 15.4 Å². The molecule has 3 aliphatic rings. The van der Waals surface area contributed by atoms with Crippen LogP contribution in [0.1, 0.15) is 36.6 Å². The molecule has 1 aromatic heterocycles. The van der Waals surface area contributed by atoms with Gasteiger partial charge >= 0.3 is 5.91 Å². The van der Waals surface area contributed by atoms with Crippen molar-refractivity contribution >= 4 is 27.5 Å². The smallest absolute Gasteiger partial charge is 0.324 e. The topological polar surface area (TPSA) is 34.8 Å². The summed E-state index contributed by atoms with van der Waals surface area (Å²) in [6, 6.07) is 22.9. The molecule has 162 valence electrons. The van der Waals surface area contributed by atoms with Crippen molar-refractivity contribution < 1.29 is 13.9 Å². The van der Waals surface area contributed by atoms with E-state index in [4.69, 9.17) is 13.9 Å². The van der Waals surface area contributed by atoms with Crippen LogP contribution >= 0.6 is 0 Å². The summed E-state index contributed by atoms with van der Waals surface area (Å²) >= 11 is 0. The second kappa shape index (κ2) is 6.63. The van der Waals surface area contributed by atoms with Gasteiger partial charge in [-0.05, 0) is 61.4 Å². The molecule has 4 aromatic rings. The molecule has 0 aliphatic carbocycles. The van der Waals surface area contributed by atoms with E-state index in [1.165, 1.54) is 11.1 Å². The second-order valence-electron chi connectivity index (χ2n) is 8.94. The molecule has 7 rings (SSSR count). The summed E-state index contributed by atoms with van der Waals surface area (Å²) in [5.74, 6) is -0.169. The Labute approximate surface area is 192 Å². The van der Waals surface area contributed by atoms with E-state index in [0.717, 1.165) is 38.8 Å². The van der Waals surface area contributed by atoms with Gasteiger partial charge in [0.15, 0.2) is 0 Å². The highest BCUT2D eigenvalue weighted by Crippen LogP contribution is 2.56. The van der Waals surface area contributed by atoms with Crippen molar-refractivity contribution in [2.45, 2.75) is 31.9 Å². The SMILES string of the molecule is CC1=CC(C)O[C@]2(O1)c1ccc3c(oc4ccccc43)c1C1C=C(c3ccccc3)C=CN12. The van der Waals surface area contributed by atoms with Gasteiger partial charge in [-0.25, -0.2) is 0 Å². The molecule has 4 nitrogen and oxygen atoms in total. The maximum absolute atomic E-state index is 6.57. The van der Waals surface area contributed by atoms with Crippen molar-refractivity contribution in [3.63, 3.8) is 0 Å². The molecule has 33 heavy (non-hydrogen) atoms. The lowest BCUT2D eigenvalue weighted by Gasteiger charge is -2.44. The van der Waals surface area contributed by atoms with E-state index in [1.54, 1.807) is 0 Å². The fourth-order valence-corrected chi connectivity index (χ4v) is 5.53. The van der Waals surface area contributed by atoms with Crippen LogP contribution in [0.3, 0.4) is 0 Å². The molecular formula is C29H23NO3. The molecule has 3 atom stereocenters. The predicted molar refractivity (Wildman–Crippen MR) is 129 cm³/mol. The monoisotopic (exact) mass is 433 g/mol. The Bertz CT molecular complexity index is 1510. The minimum atomic E-state index is -1.03. The Hall–Kier alpha value is -3.76. The first-order valence-corrected chi connectivity index (χ1v) is 11.4. The quantitative estimate of drug-likeness (QED) is 0.324. The zero-order valence-corrected chi connectivity index (χ0v) is 18.5. The zero-order chi connectivity index (χ0) is 22.2. The van der Waals surface area contributed by atoms with Crippen molar-refractivity contribution in [3.8, 4) is 0 Å². The Morgan fingerprint density at radius 3 is 2.55 bits per heavy atom. The molecule has 0 bridgehead atoms.